The summed E-state index contributed by atoms with van der Waals surface area (Å²) in [7, 11) is 4.46. The molecule has 1 amide bonds. The van der Waals surface area contributed by atoms with Gasteiger partial charge in [0.05, 0.1) is 26.4 Å². The van der Waals surface area contributed by atoms with E-state index in [4.69, 9.17) is 9.47 Å². The molecular weight excluding hydrogens is 310 g/mol. The molecule has 6 heteroatoms. The quantitative estimate of drug-likeness (QED) is 0.825. The van der Waals surface area contributed by atoms with E-state index in [1.54, 1.807) is 56.7 Å². The lowest BCUT2D eigenvalue weighted by atomic mass is 10.1. The number of carbonyl (C=O) groups is 2. The normalized spacial score (nSPS) is 10.1. The van der Waals surface area contributed by atoms with Crippen LogP contribution in [-0.4, -0.2) is 33.2 Å². The highest BCUT2D eigenvalue weighted by Crippen LogP contribution is 2.21. The molecule has 0 unspecified atom stereocenters. The van der Waals surface area contributed by atoms with Crippen molar-refractivity contribution >= 4 is 17.6 Å². The molecule has 0 heterocycles. The van der Waals surface area contributed by atoms with Gasteiger partial charge in [-0.3, -0.25) is 4.79 Å². The number of carbonyl (C=O) groups excluding carboxylic acids is 2. The smallest absolute Gasteiger partial charge is 0.337 e. The lowest BCUT2D eigenvalue weighted by molar-refractivity contribution is 0.0600. The van der Waals surface area contributed by atoms with E-state index in [1.165, 1.54) is 7.11 Å². The van der Waals surface area contributed by atoms with E-state index < -0.39 is 5.97 Å². The first-order chi connectivity index (χ1) is 11.6. The standard InChI is InChI=1S/C18H19NO5/c1-22-11-14-10-13(6-9-16(14)23-2)17(20)19-15-7-4-12(5-8-15)18(21)24-3/h4-10H,11H2,1-3H3,(H,19,20). The van der Waals surface area contributed by atoms with E-state index in [2.05, 4.69) is 10.1 Å². The zero-order valence-electron chi connectivity index (χ0n) is 13.8. The highest BCUT2D eigenvalue weighted by molar-refractivity contribution is 6.04. The summed E-state index contributed by atoms with van der Waals surface area (Å²) >= 11 is 0. The zero-order valence-corrected chi connectivity index (χ0v) is 13.8. The summed E-state index contributed by atoms with van der Waals surface area (Å²) < 4.78 is 15.0. The molecule has 0 saturated carbocycles. The van der Waals surface area contributed by atoms with Crippen LogP contribution in [0.4, 0.5) is 5.69 Å². The molecule has 1 N–H and O–H groups in total. The first-order valence-corrected chi connectivity index (χ1v) is 7.24. The Balaban J connectivity index is 2.14. The van der Waals surface area contributed by atoms with Crippen molar-refractivity contribution < 1.29 is 23.8 Å². The number of methoxy groups -OCH3 is 3. The Labute approximate surface area is 140 Å². The van der Waals surface area contributed by atoms with Crippen LogP contribution in [0.25, 0.3) is 0 Å². The van der Waals surface area contributed by atoms with Gasteiger partial charge in [-0.05, 0) is 42.5 Å². The van der Waals surface area contributed by atoms with Crippen LogP contribution in [0.2, 0.25) is 0 Å². The van der Waals surface area contributed by atoms with Gasteiger partial charge in [-0.25, -0.2) is 4.79 Å². The Bertz CT molecular complexity index is 725. The molecule has 0 aromatic heterocycles. The molecule has 0 aliphatic heterocycles. The third-order valence-electron chi connectivity index (χ3n) is 3.41. The number of hydrogen-bond donors (Lipinski definition) is 1. The molecule has 0 saturated heterocycles. The van der Waals surface area contributed by atoms with Gasteiger partial charge in [-0.2, -0.15) is 0 Å². The second kappa shape index (κ2) is 8.12. The van der Waals surface area contributed by atoms with E-state index >= 15 is 0 Å². The largest absolute Gasteiger partial charge is 0.496 e. The third kappa shape index (κ3) is 4.11. The van der Waals surface area contributed by atoms with Crippen LogP contribution < -0.4 is 10.1 Å². The molecule has 0 aliphatic rings. The number of benzene rings is 2. The molecule has 0 spiro atoms. The van der Waals surface area contributed by atoms with Crippen LogP contribution in [0, 0.1) is 0 Å². The summed E-state index contributed by atoms with van der Waals surface area (Å²) in [5.74, 6) is -0.0242. The Kier molecular flexibility index (Phi) is 5.92. The molecule has 6 nitrogen and oxygen atoms in total. The van der Waals surface area contributed by atoms with Gasteiger partial charge in [0.1, 0.15) is 5.75 Å². The number of ether oxygens (including phenoxy) is 3. The lowest BCUT2D eigenvalue weighted by Gasteiger charge is -2.11. The first-order valence-electron chi connectivity index (χ1n) is 7.24. The second-order valence-corrected chi connectivity index (χ2v) is 4.98. The maximum absolute atomic E-state index is 12.4. The van der Waals surface area contributed by atoms with Gasteiger partial charge in [0, 0.05) is 23.9 Å². The number of esters is 1. The second-order valence-electron chi connectivity index (χ2n) is 4.98. The molecule has 0 aliphatic carbocycles. The highest BCUT2D eigenvalue weighted by Gasteiger charge is 2.11. The van der Waals surface area contributed by atoms with E-state index in [-0.39, 0.29) is 5.91 Å². The highest BCUT2D eigenvalue weighted by atomic mass is 16.5. The molecule has 24 heavy (non-hydrogen) atoms. The average molecular weight is 329 g/mol. The number of nitrogens with one attached hydrogen (secondary N) is 1. The first kappa shape index (κ1) is 17.5. The Morgan fingerprint density at radius 3 is 2.21 bits per heavy atom. The number of hydrogen-bond acceptors (Lipinski definition) is 5. The van der Waals surface area contributed by atoms with Crippen LogP contribution in [0.5, 0.6) is 5.75 Å². The van der Waals surface area contributed by atoms with Crippen molar-refractivity contribution in [1.29, 1.82) is 0 Å². The molecule has 0 bridgehead atoms. The molecule has 2 rings (SSSR count). The number of rotatable bonds is 6. The van der Waals surface area contributed by atoms with E-state index in [0.29, 0.717) is 29.2 Å². The number of amides is 1. The minimum atomic E-state index is -0.424. The van der Waals surface area contributed by atoms with Gasteiger partial charge in [0.15, 0.2) is 0 Å². The van der Waals surface area contributed by atoms with Crippen molar-refractivity contribution in [1.82, 2.24) is 0 Å². The lowest BCUT2D eigenvalue weighted by Crippen LogP contribution is -2.13. The van der Waals surface area contributed by atoms with Crippen LogP contribution in [0.1, 0.15) is 26.3 Å². The van der Waals surface area contributed by atoms with Crippen molar-refractivity contribution in [2.45, 2.75) is 6.61 Å². The summed E-state index contributed by atoms with van der Waals surface area (Å²) in [6.45, 7) is 0.345. The van der Waals surface area contributed by atoms with Crippen LogP contribution in [0.15, 0.2) is 42.5 Å². The molecule has 0 fully saturated rings. The van der Waals surface area contributed by atoms with E-state index in [9.17, 15) is 9.59 Å². The maximum Gasteiger partial charge on any atom is 0.337 e. The summed E-state index contributed by atoms with van der Waals surface area (Å²) in [5.41, 5.74) is 2.27. The van der Waals surface area contributed by atoms with Crippen LogP contribution >= 0.6 is 0 Å². The van der Waals surface area contributed by atoms with Gasteiger partial charge in [0.25, 0.3) is 5.91 Å². The van der Waals surface area contributed by atoms with Gasteiger partial charge in [0.2, 0.25) is 0 Å². The number of anilines is 1. The third-order valence-corrected chi connectivity index (χ3v) is 3.41. The molecule has 0 radical (unpaired) electrons. The molecule has 0 atom stereocenters. The van der Waals surface area contributed by atoms with Gasteiger partial charge >= 0.3 is 5.97 Å². The predicted molar refractivity (Wildman–Crippen MR) is 89.4 cm³/mol. The van der Waals surface area contributed by atoms with Crippen molar-refractivity contribution in [3.8, 4) is 5.75 Å². The fourth-order valence-corrected chi connectivity index (χ4v) is 2.20. The van der Waals surface area contributed by atoms with Crippen molar-refractivity contribution in [2.24, 2.45) is 0 Å². The summed E-state index contributed by atoms with van der Waals surface area (Å²) in [6, 6.07) is 11.6. The van der Waals surface area contributed by atoms with E-state index in [0.717, 1.165) is 5.56 Å². The van der Waals surface area contributed by atoms with Crippen LogP contribution in [0.3, 0.4) is 0 Å². The SMILES string of the molecule is COCc1cc(C(=O)Nc2ccc(C(=O)OC)cc2)ccc1OC. The molecule has 126 valence electrons. The van der Waals surface area contributed by atoms with Crippen LogP contribution in [-0.2, 0) is 16.1 Å². The average Bonchev–Trinajstić information content (AvgIpc) is 2.62. The minimum absolute atomic E-state index is 0.263. The topological polar surface area (TPSA) is 73.9 Å². The molecular formula is C18H19NO5. The summed E-state index contributed by atoms with van der Waals surface area (Å²) in [4.78, 5) is 23.8. The minimum Gasteiger partial charge on any atom is -0.496 e. The van der Waals surface area contributed by atoms with Gasteiger partial charge in [-0.15, -0.1) is 0 Å². The summed E-state index contributed by atoms with van der Waals surface area (Å²) in [5, 5.41) is 2.78. The molecule has 2 aromatic carbocycles. The fraction of sp³-hybridized carbons (Fsp3) is 0.222. The van der Waals surface area contributed by atoms with Crippen molar-refractivity contribution in [3.05, 3.63) is 59.2 Å². The summed E-state index contributed by atoms with van der Waals surface area (Å²) in [6.07, 6.45) is 0. The van der Waals surface area contributed by atoms with Gasteiger partial charge in [-0.1, -0.05) is 0 Å². The van der Waals surface area contributed by atoms with Crippen molar-refractivity contribution in [2.75, 3.05) is 26.6 Å². The van der Waals surface area contributed by atoms with Gasteiger partial charge < -0.3 is 19.5 Å². The predicted octanol–water partition coefficient (Wildman–Crippen LogP) is 2.88. The Hall–Kier alpha value is -2.86. The zero-order chi connectivity index (χ0) is 17.5. The Morgan fingerprint density at radius 1 is 0.958 bits per heavy atom. The van der Waals surface area contributed by atoms with E-state index in [1.807, 2.05) is 0 Å². The Morgan fingerprint density at radius 2 is 1.62 bits per heavy atom. The molecule has 2 aromatic rings. The monoisotopic (exact) mass is 329 g/mol. The van der Waals surface area contributed by atoms with Crippen molar-refractivity contribution in [3.63, 3.8) is 0 Å². The maximum atomic E-state index is 12.4. The fourth-order valence-electron chi connectivity index (χ4n) is 2.20.